The van der Waals surface area contributed by atoms with Gasteiger partial charge in [-0.15, -0.1) is 0 Å². The molecule has 11 N–H and O–H groups in total. The zero-order valence-corrected chi connectivity index (χ0v) is 80.1. The van der Waals surface area contributed by atoms with Crippen LogP contribution in [0.1, 0.15) is 111 Å². The summed E-state index contributed by atoms with van der Waals surface area (Å²) in [5.74, 6) is 0.196. The number of nitrogens with one attached hydrogen (secondary N) is 8. The molecule has 147 heavy (non-hydrogen) atoms. The van der Waals surface area contributed by atoms with Crippen molar-refractivity contribution in [2.75, 3.05) is 66.4 Å². The van der Waals surface area contributed by atoms with E-state index in [1.165, 1.54) is 22.3 Å². The number of pyridine rings is 7. The number of morpholine rings is 1. The highest BCUT2D eigenvalue weighted by Crippen LogP contribution is 2.35. The Kier molecular flexibility index (Phi) is 30.0. The highest BCUT2D eigenvalue weighted by atomic mass is 16.5. The van der Waals surface area contributed by atoms with Crippen LogP contribution < -0.4 is 31.7 Å². The van der Waals surface area contributed by atoms with Gasteiger partial charge in [-0.3, -0.25) is 84.3 Å². The second kappa shape index (κ2) is 46.0. The molecule has 0 saturated carbocycles. The second-order valence-corrected chi connectivity index (χ2v) is 36.0. The smallest absolute Gasteiger partial charge is 0.276 e. The first-order valence-electron chi connectivity index (χ1n) is 48.4. The lowest BCUT2D eigenvalue weighted by Crippen LogP contribution is -2.35. The zero-order chi connectivity index (χ0) is 100.0. The Morgan fingerprint density at radius 2 is 0.660 bits per heavy atom. The van der Waals surface area contributed by atoms with E-state index in [0.717, 1.165) is 219 Å². The third kappa shape index (κ3) is 25.0. The summed E-state index contributed by atoms with van der Waals surface area (Å²) in [6.07, 6.45) is 23.7. The summed E-state index contributed by atoms with van der Waals surface area (Å²) in [6.45, 7) is 6.79. The number of amides is 4. The Morgan fingerprint density at radius 1 is 0.313 bits per heavy atom. The summed E-state index contributed by atoms with van der Waals surface area (Å²) < 4.78 is 11.4. The van der Waals surface area contributed by atoms with Crippen molar-refractivity contribution in [3.8, 4) is 56.0 Å². The number of nitrogens with zero attached hydrogens (tertiary/aromatic N) is 13. The van der Waals surface area contributed by atoms with Gasteiger partial charge in [0.05, 0.1) is 88.9 Å². The van der Waals surface area contributed by atoms with Crippen molar-refractivity contribution >= 4 is 95.7 Å². The van der Waals surface area contributed by atoms with Crippen LogP contribution in [0.2, 0.25) is 0 Å². The Bertz CT molecular complexity index is 8130. The largest absolute Gasteiger partial charge is 0.456 e. The molecule has 21 aromatic rings. The van der Waals surface area contributed by atoms with Crippen LogP contribution in [0.5, 0.6) is 11.5 Å². The SMILES string of the molecule is Nc1cncc(-c2ccc3[nH]nc(C(=O)Nc4cccc(Cc5ccccc5)c4)c3c2)c1.O=C(Nc1ccc(Cc2ccccc2)nc1)c1n[nH]c2ccc(-c3cncc(CN4CCC(O)CC4)c3)cc12.O=C(Nc1ccc(Cc2ccccc2)nc1)c1n[nH]c2ccc(-c3cncc(CN4CCOCC4)c3)cc12.O=C(Nc1ccc(Cc2ccccc2)nc1)c1n[nH]c2ccc(-c3cncc(Oc4ccccc4)c3)cc12. The number of ether oxygens (including phenoxy) is 2. The number of likely N-dealkylation sites (tertiary alicyclic amines) is 1. The minimum atomic E-state index is -0.315. The van der Waals surface area contributed by atoms with Crippen molar-refractivity contribution in [2.45, 2.75) is 57.7 Å². The van der Waals surface area contributed by atoms with E-state index in [0.29, 0.717) is 56.7 Å². The Morgan fingerprint density at radius 3 is 1.05 bits per heavy atom. The monoisotopic (exact) mass is 1940 g/mol. The van der Waals surface area contributed by atoms with E-state index in [2.05, 4.69) is 173 Å². The Balaban J connectivity index is 0.000000119. The number of piperidine rings is 1. The molecular weight excluding hydrogens is 1840 g/mol. The van der Waals surface area contributed by atoms with Gasteiger partial charge in [0.1, 0.15) is 11.5 Å². The van der Waals surface area contributed by atoms with Crippen LogP contribution in [-0.2, 0) is 43.5 Å². The normalized spacial score (nSPS) is 12.6. The van der Waals surface area contributed by atoms with E-state index in [1.54, 1.807) is 43.4 Å². The summed E-state index contributed by atoms with van der Waals surface area (Å²) in [6, 6.07) is 101. The number of benzene rings is 10. The highest BCUT2D eigenvalue weighted by Gasteiger charge is 2.24. The number of carbonyl (C=O) groups excluding carboxylic acids is 4. The topological polar surface area (TPSA) is 393 Å². The van der Waals surface area contributed by atoms with Crippen molar-refractivity contribution in [3.05, 3.63) is 456 Å². The number of aromatic amines is 4. The third-order valence-electron chi connectivity index (χ3n) is 25.3. The maximum absolute atomic E-state index is 13.2. The van der Waals surface area contributed by atoms with Crippen LogP contribution in [0.4, 0.5) is 28.4 Å². The van der Waals surface area contributed by atoms with Gasteiger partial charge in [0.2, 0.25) is 0 Å². The molecule has 0 spiro atoms. The number of hydrogen-bond donors (Lipinski definition) is 10. The lowest BCUT2D eigenvalue weighted by atomic mass is 10.0. The Labute approximate surface area is 846 Å². The second-order valence-electron chi connectivity index (χ2n) is 36.0. The number of rotatable bonds is 26. The van der Waals surface area contributed by atoms with E-state index in [-0.39, 0.29) is 29.7 Å². The molecule has 0 bridgehead atoms. The minimum absolute atomic E-state index is 0.186. The fourth-order valence-electron chi connectivity index (χ4n) is 17.7. The highest BCUT2D eigenvalue weighted by molar-refractivity contribution is 6.15. The summed E-state index contributed by atoms with van der Waals surface area (Å²) in [7, 11) is 0. The van der Waals surface area contributed by atoms with E-state index in [9.17, 15) is 24.3 Å². The molecule has 0 atom stereocenters. The number of hydrogen-bond acceptors (Lipinski definition) is 21. The summed E-state index contributed by atoms with van der Waals surface area (Å²) in [5.41, 5.74) is 32.0. The molecule has 29 nitrogen and oxygen atoms in total. The van der Waals surface area contributed by atoms with Crippen LogP contribution >= 0.6 is 0 Å². The number of aliphatic hydroxyl groups excluding tert-OH is 1. The molecule has 11 aromatic heterocycles. The number of para-hydroxylation sites is 1. The fraction of sp³-hybridized carbons (Fsp3) is 0.127. The predicted octanol–water partition coefficient (Wildman–Crippen LogP) is 21.2. The fourth-order valence-corrected chi connectivity index (χ4v) is 17.7. The standard InChI is InChI=1S/C31H30N6O2.C31H23N5O2.C30H28N6O2.C26H21N5O/c38-27-10-12-37(13-11-27)20-22-14-24(18-32-17-22)23-6-9-29-28(16-23)30(36-35-29)31(39)34-26-8-7-25(33-19-26)15-21-4-2-1-3-5-21;37-31(34-25-13-12-24(33-19-25)15-21-7-3-1-4-8-21)30-28-17-22(11-14-29(28)35-36-30)23-16-27(20-32-18-23)38-26-9-5-2-6-10-26;37-30(33-26-8-7-25(32-19-26)15-21-4-2-1-3-5-21)29-27-16-23(6-9-28(27)34-35-29)24-14-22(17-31-18-24)20-36-10-12-38-13-11-36;27-21-13-20(15-28-16-21)19-9-10-24-23(14-19)25(31-30-24)26(32)29-22-8-4-7-18(12-22)11-17-5-2-1-3-6-17/h1-9,14,16-19,27,38H,10-13,15,20H2,(H,34,39)(H,35,36);1-14,16-20H,15H2,(H,34,37)(H,35,36);1-9,14,16-19H,10-13,15,20H2,(H,33,37)(H,34,35);1-10,12-16H,11,27H2,(H,29,32)(H,30,31). The number of nitrogen functional groups attached to an aromatic ring is 1. The van der Waals surface area contributed by atoms with Gasteiger partial charge in [0, 0.05) is 168 Å². The van der Waals surface area contributed by atoms with Gasteiger partial charge in [0.15, 0.2) is 22.8 Å². The van der Waals surface area contributed by atoms with Gasteiger partial charge < -0.3 is 41.6 Å². The number of anilines is 5. The van der Waals surface area contributed by atoms with Gasteiger partial charge >= 0.3 is 0 Å². The molecule has 2 aliphatic heterocycles. The van der Waals surface area contributed by atoms with Crippen molar-refractivity contribution in [1.82, 2.24) is 85.5 Å². The number of aliphatic hydroxyl groups is 1. The van der Waals surface area contributed by atoms with Crippen LogP contribution in [0.25, 0.3) is 88.1 Å². The van der Waals surface area contributed by atoms with E-state index in [4.69, 9.17) is 15.2 Å². The summed E-state index contributed by atoms with van der Waals surface area (Å²) in [4.78, 5) is 88.1. The summed E-state index contributed by atoms with van der Waals surface area (Å²) >= 11 is 0. The molecular formula is C118H102N22O7. The molecule has 10 aromatic carbocycles. The Hall–Kier alpha value is -18.6. The molecule has 13 heterocycles. The molecule has 0 unspecified atom stereocenters. The van der Waals surface area contributed by atoms with Gasteiger partial charge in [-0.25, -0.2) is 0 Å². The number of carbonyl (C=O) groups is 4. The van der Waals surface area contributed by atoms with E-state index >= 15 is 0 Å². The van der Waals surface area contributed by atoms with Crippen LogP contribution in [-0.4, -0.2) is 160 Å². The summed E-state index contributed by atoms with van der Waals surface area (Å²) in [5, 5.41) is 53.4. The third-order valence-corrected chi connectivity index (χ3v) is 25.3. The number of H-pyrrole nitrogens is 4. The number of aromatic nitrogens is 15. The molecule has 726 valence electrons. The molecule has 23 rings (SSSR count). The van der Waals surface area contributed by atoms with Crippen molar-refractivity contribution < 1.29 is 33.8 Å². The van der Waals surface area contributed by atoms with Crippen molar-refractivity contribution in [2.24, 2.45) is 0 Å². The lowest BCUT2D eigenvalue weighted by Gasteiger charge is -2.29. The average molecular weight is 1940 g/mol. The minimum Gasteiger partial charge on any atom is -0.456 e. The van der Waals surface area contributed by atoms with Gasteiger partial charge in [-0.2, -0.15) is 20.4 Å². The molecule has 29 heteroatoms. The van der Waals surface area contributed by atoms with E-state index in [1.807, 2.05) is 267 Å². The molecule has 2 fully saturated rings. The predicted molar refractivity (Wildman–Crippen MR) is 573 cm³/mol. The first kappa shape index (κ1) is 96.0. The average Bonchev–Trinajstić information content (AvgIpc) is 1.67. The van der Waals surface area contributed by atoms with Gasteiger partial charge in [-0.05, 0) is 214 Å². The van der Waals surface area contributed by atoms with Crippen LogP contribution in [0.3, 0.4) is 0 Å². The molecule has 0 aliphatic carbocycles. The lowest BCUT2D eigenvalue weighted by molar-refractivity contribution is 0.0341. The molecule has 4 amide bonds. The molecule has 0 radical (unpaired) electrons. The first-order chi connectivity index (χ1) is 72.2. The van der Waals surface area contributed by atoms with Crippen LogP contribution in [0.15, 0.2) is 378 Å². The molecule has 2 saturated heterocycles. The van der Waals surface area contributed by atoms with Crippen LogP contribution in [0, 0.1) is 0 Å². The van der Waals surface area contributed by atoms with E-state index < -0.39 is 0 Å². The number of nitrogens with two attached hydrogens (primary N) is 1. The zero-order valence-electron chi connectivity index (χ0n) is 80.1. The van der Waals surface area contributed by atoms with Gasteiger partial charge in [0.25, 0.3) is 23.6 Å². The van der Waals surface area contributed by atoms with Crippen molar-refractivity contribution in [1.29, 1.82) is 0 Å². The quantitative estimate of drug-likeness (QED) is 0.0241. The maximum atomic E-state index is 13.2. The first-order valence-corrected chi connectivity index (χ1v) is 48.4. The maximum Gasteiger partial charge on any atom is 0.276 e. The van der Waals surface area contributed by atoms with Gasteiger partial charge in [-0.1, -0.05) is 176 Å². The van der Waals surface area contributed by atoms with Crippen molar-refractivity contribution in [3.63, 3.8) is 0 Å². The number of fused-ring (bicyclic) bond motifs is 4. The molecule has 2 aliphatic rings.